The van der Waals surface area contributed by atoms with Crippen LogP contribution >= 0.6 is 0 Å². The highest BCUT2D eigenvalue weighted by Gasteiger charge is 2.42. The summed E-state index contributed by atoms with van der Waals surface area (Å²) < 4.78 is 9.21. The highest BCUT2D eigenvalue weighted by Crippen LogP contribution is 2.23. The van der Waals surface area contributed by atoms with Crippen molar-refractivity contribution >= 4 is 11.9 Å². The van der Waals surface area contributed by atoms with Gasteiger partial charge < -0.3 is 14.6 Å². The second-order valence-corrected chi connectivity index (χ2v) is 3.01. The molecule has 1 heterocycles. The van der Waals surface area contributed by atoms with E-state index in [1.807, 2.05) is 0 Å². The van der Waals surface area contributed by atoms with Gasteiger partial charge in [-0.05, 0) is 19.9 Å². The molecule has 0 amide bonds. The van der Waals surface area contributed by atoms with Crippen LogP contribution < -0.4 is 0 Å². The average molecular weight is 200 g/mol. The molecule has 1 atom stereocenters. The standard InChI is InChI=1S/C9H12O5/c1-3-13-8(11)9(2,12)6-4-5-14-7(6)10/h4,12H,3,5H2,1-2H3/t9-/m0/s1. The Hall–Kier alpha value is -1.36. The van der Waals surface area contributed by atoms with Gasteiger partial charge in [0, 0.05) is 0 Å². The van der Waals surface area contributed by atoms with E-state index in [2.05, 4.69) is 9.47 Å². The summed E-state index contributed by atoms with van der Waals surface area (Å²) in [4.78, 5) is 22.3. The van der Waals surface area contributed by atoms with Crippen LogP contribution in [0.15, 0.2) is 11.6 Å². The van der Waals surface area contributed by atoms with Gasteiger partial charge in [0.25, 0.3) is 0 Å². The SMILES string of the molecule is CCOC(=O)[C@@](C)(O)C1=CCOC1=O. The van der Waals surface area contributed by atoms with E-state index in [1.165, 1.54) is 13.0 Å². The summed E-state index contributed by atoms with van der Waals surface area (Å²) in [7, 11) is 0. The Bertz CT molecular complexity index is 290. The van der Waals surface area contributed by atoms with E-state index in [4.69, 9.17) is 0 Å². The van der Waals surface area contributed by atoms with E-state index in [1.54, 1.807) is 6.92 Å². The molecule has 1 aliphatic rings. The maximum Gasteiger partial charge on any atom is 0.342 e. The first kappa shape index (κ1) is 10.7. The Labute approximate surface area is 81.3 Å². The number of carbonyl (C=O) groups excluding carboxylic acids is 2. The van der Waals surface area contributed by atoms with Crippen molar-refractivity contribution in [2.75, 3.05) is 13.2 Å². The average Bonchev–Trinajstić information content (AvgIpc) is 2.52. The van der Waals surface area contributed by atoms with Gasteiger partial charge in [-0.25, -0.2) is 9.59 Å². The lowest BCUT2D eigenvalue weighted by molar-refractivity contribution is -0.161. The molecule has 0 spiro atoms. The number of carbonyl (C=O) groups is 2. The molecule has 1 rings (SSSR count). The van der Waals surface area contributed by atoms with Crippen LogP contribution in [0.3, 0.4) is 0 Å². The first-order valence-corrected chi connectivity index (χ1v) is 4.27. The highest BCUT2D eigenvalue weighted by atomic mass is 16.6. The number of rotatable bonds is 3. The van der Waals surface area contributed by atoms with Crippen LogP contribution in [-0.4, -0.2) is 35.9 Å². The smallest absolute Gasteiger partial charge is 0.342 e. The van der Waals surface area contributed by atoms with E-state index in [0.29, 0.717) is 0 Å². The van der Waals surface area contributed by atoms with E-state index < -0.39 is 17.5 Å². The van der Waals surface area contributed by atoms with Crippen molar-refractivity contribution in [3.05, 3.63) is 11.6 Å². The van der Waals surface area contributed by atoms with Gasteiger partial charge in [-0.15, -0.1) is 0 Å². The van der Waals surface area contributed by atoms with E-state index >= 15 is 0 Å². The number of esters is 2. The normalized spacial score (nSPS) is 19.6. The minimum Gasteiger partial charge on any atom is -0.464 e. The zero-order chi connectivity index (χ0) is 10.8. The van der Waals surface area contributed by atoms with Crippen molar-refractivity contribution < 1.29 is 24.2 Å². The summed E-state index contributed by atoms with van der Waals surface area (Å²) in [6.07, 6.45) is 1.37. The number of ether oxygens (including phenoxy) is 2. The summed E-state index contributed by atoms with van der Waals surface area (Å²) in [5.74, 6) is -1.52. The number of hydrogen-bond donors (Lipinski definition) is 1. The Kier molecular flexibility index (Phi) is 2.90. The van der Waals surface area contributed by atoms with Crippen LogP contribution in [0.25, 0.3) is 0 Å². The van der Waals surface area contributed by atoms with Crippen LogP contribution in [0.4, 0.5) is 0 Å². The zero-order valence-corrected chi connectivity index (χ0v) is 8.07. The fourth-order valence-corrected chi connectivity index (χ4v) is 1.14. The molecule has 0 fully saturated rings. The van der Waals surface area contributed by atoms with Gasteiger partial charge in [0.1, 0.15) is 6.61 Å². The molecular formula is C9H12O5. The van der Waals surface area contributed by atoms with Gasteiger partial charge in [-0.1, -0.05) is 0 Å². The predicted molar refractivity (Wildman–Crippen MR) is 46.3 cm³/mol. The van der Waals surface area contributed by atoms with E-state index in [0.717, 1.165) is 0 Å². The summed E-state index contributed by atoms with van der Waals surface area (Å²) in [6.45, 7) is 3.07. The van der Waals surface area contributed by atoms with Crippen LogP contribution in [0, 0.1) is 0 Å². The third kappa shape index (κ3) is 1.77. The molecule has 1 aliphatic heterocycles. The monoisotopic (exact) mass is 200 g/mol. The number of cyclic esters (lactones) is 1. The zero-order valence-electron chi connectivity index (χ0n) is 8.07. The van der Waals surface area contributed by atoms with E-state index in [9.17, 15) is 14.7 Å². The largest absolute Gasteiger partial charge is 0.464 e. The molecule has 78 valence electrons. The Balaban J connectivity index is 2.83. The van der Waals surface area contributed by atoms with Crippen LogP contribution in [0.5, 0.6) is 0 Å². The summed E-state index contributed by atoms with van der Waals surface area (Å²) in [5, 5.41) is 9.74. The van der Waals surface area contributed by atoms with Gasteiger partial charge in [0.2, 0.25) is 0 Å². The molecule has 0 aromatic carbocycles. The van der Waals surface area contributed by atoms with Crippen LogP contribution in [0.2, 0.25) is 0 Å². The van der Waals surface area contributed by atoms with Gasteiger partial charge >= 0.3 is 11.9 Å². The molecule has 5 heteroatoms. The molecule has 1 N–H and O–H groups in total. The van der Waals surface area contributed by atoms with Gasteiger partial charge in [0.15, 0.2) is 5.60 Å². The van der Waals surface area contributed by atoms with Crippen molar-refractivity contribution in [1.29, 1.82) is 0 Å². The Morgan fingerprint density at radius 3 is 2.86 bits per heavy atom. The fourth-order valence-electron chi connectivity index (χ4n) is 1.14. The quantitative estimate of drug-likeness (QED) is 0.638. The first-order valence-electron chi connectivity index (χ1n) is 4.27. The van der Waals surface area contributed by atoms with Crippen molar-refractivity contribution in [3.8, 4) is 0 Å². The molecule has 0 unspecified atom stereocenters. The second-order valence-electron chi connectivity index (χ2n) is 3.01. The van der Waals surface area contributed by atoms with Crippen molar-refractivity contribution in [3.63, 3.8) is 0 Å². The van der Waals surface area contributed by atoms with Crippen LogP contribution in [0.1, 0.15) is 13.8 Å². The van der Waals surface area contributed by atoms with Gasteiger partial charge in [-0.2, -0.15) is 0 Å². The first-order chi connectivity index (χ1) is 6.50. The molecule has 0 saturated heterocycles. The molecule has 0 saturated carbocycles. The number of hydrogen-bond acceptors (Lipinski definition) is 5. The lowest BCUT2D eigenvalue weighted by Crippen LogP contribution is -2.40. The van der Waals surface area contributed by atoms with Crippen molar-refractivity contribution in [2.45, 2.75) is 19.4 Å². The number of aliphatic hydroxyl groups is 1. The molecular weight excluding hydrogens is 188 g/mol. The minimum atomic E-state index is -1.91. The van der Waals surface area contributed by atoms with Gasteiger partial charge in [-0.3, -0.25) is 0 Å². The lowest BCUT2D eigenvalue weighted by Gasteiger charge is -2.20. The third-order valence-corrected chi connectivity index (χ3v) is 1.92. The highest BCUT2D eigenvalue weighted by molar-refractivity contribution is 6.00. The van der Waals surface area contributed by atoms with Crippen LogP contribution in [-0.2, 0) is 19.1 Å². The lowest BCUT2D eigenvalue weighted by atomic mass is 9.96. The maximum atomic E-state index is 11.3. The Morgan fingerprint density at radius 1 is 1.79 bits per heavy atom. The van der Waals surface area contributed by atoms with E-state index in [-0.39, 0.29) is 18.8 Å². The molecule has 0 bridgehead atoms. The molecule has 5 nitrogen and oxygen atoms in total. The minimum absolute atomic E-state index is 0.0593. The molecule has 0 aromatic heterocycles. The van der Waals surface area contributed by atoms with Gasteiger partial charge in [0.05, 0.1) is 12.2 Å². The fraction of sp³-hybridized carbons (Fsp3) is 0.556. The summed E-state index contributed by atoms with van der Waals surface area (Å²) >= 11 is 0. The third-order valence-electron chi connectivity index (χ3n) is 1.92. The second kappa shape index (κ2) is 3.79. The molecule has 0 aliphatic carbocycles. The van der Waals surface area contributed by atoms with Crippen molar-refractivity contribution in [1.82, 2.24) is 0 Å². The topological polar surface area (TPSA) is 72.8 Å². The maximum absolute atomic E-state index is 11.3. The molecule has 0 radical (unpaired) electrons. The Morgan fingerprint density at radius 2 is 2.43 bits per heavy atom. The molecule has 0 aromatic rings. The summed E-state index contributed by atoms with van der Waals surface area (Å²) in [5.41, 5.74) is -1.97. The predicted octanol–water partition coefficient (Wildman–Crippen LogP) is -0.216. The summed E-state index contributed by atoms with van der Waals surface area (Å²) in [6, 6.07) is 0. The molecule has 14 heavy (non-hydrogen) atoms. The van der Waals surface area contributed by atoms with Crippen molar-refractivity contribution in [2.24, 2.45) is 0 Å².